The number of furan rings is 1. The van der Waals surface area contributed by atoms with Crippen molar-refractivity contribution in [2.45, 2.75) is 24.9 Å². The third-order valence-corrected chi connectivity index (χ3v) is 2.68. The predicted molar refractivity (Wildman–Crippen MR) is 50.0 cm³/mol. The topological polar surface area (TPSA) is 72.3 Å². The summed E-state index contributed by atoms with van der Waals surface area (Å²) < 4.78 is 10.1. The van der Waals surface area contributed by atoms with Gasteiger partial charge in [-0.25, -0.2) is 0 Å². The minimum atomic E-state index is -0.209. The molecule has 2 aromatic rings. The molecule has 0 atom stereocenters. The lowest BCUT2D eigenvalue weighted by molar-refractivity contribution is 0.0625. The van der Waals surface area contributed by atoms with Gasteiger partial charge in [-0.3, -0.25) is 0 Å². The number of aromatic nitrogens is 2. The van der Waals surface area contributed by atoms with Gasteiger partial charge in [0, 0.05) is 5.92 Å². The summed E-state index contributed by atoms with van der Waals surface area (Å²) in [5.41, 5.74) is 0.810. The molecule has 78 valence electrons. The summed E-state index contributed by atoms with van der Waals surface area (Å²) in [5, 5.41) is 13.0. The van der Waals surface area contributed by atoms with Crippen molar-refractivity contribution < 1.29 is 14.0 Å². The number of hydrogen-bond donors (Lipinski definition) is 1. The second-order valence-electron chi connectivity index (χ2n) is 3.79. The zero-order valence-corrected chi connectivity index (χ0v) is 7.96. The van der Waals surface area contributed by atoms with Crippen LogP contribution in [0.3, 0.4) is 0 Å². The molecule has 0 bridgehead atoms. The Morgan fingerprint density at radius 1 is 1.40 bits per heavy atom. The lowest BCUT2D eigenvalue weighted by atomic mass is 9.82. The van der Waals surface area contributed by atoms with Crippen LogP contribution in [0, 0.1) is 0 Å². The van der Waals surface area contributed by atoms with Crippen LogP contribution in [0.15, 0.2) is 27.5 Å². The normalized spacial score (nSPS) is 25.1. The van der Waals surface area contributed by atoms with Crippen molar-refractivity contribution in [2.24, 2.45) is 0 Å². The van der Waals surface area contributed by atoms with Gasteiger partial charge in [-0.15, -0.1) is 0 Å². The summed E-state index contributed by atoms with van der Waals surface area (Å²) in [5.74, 6) is 1.37. The van der Waals surface area contributed by atoms with Crippen LogP contribution in [0.2, 0.25) is 0 Å². The molecule has 0 aromatic carbocycles. The van der Waals surface area contributed by atoms with Crippen LogP contribution in [0.25, 0.3) is 11.4 Å². The van der Waals surface area contributed by atoms with E-state index in [0.29, 0.717) is 24.6 Å². The highest BCUT2D eigenvalue weighted by molar-refractivity contribution is 5.51. The van der Waals surface area contributed by atoms with E-state index in [4.69, 9.17) is 14.0 Å². The van der Waals surface area contributed by atoms with E-state index in [1.54, 1.807) is 18.6 Å². The van der Waals surface area contributed by atoms with Gasteiger partial charge in [0.15, 0.2) is 0 Å². The molecule has 0 unspecified atom stereocenters. The van der Waals surface area contributed by atoms with Crippen LogP contribution in [0.4, 0.5) is 0 Å². The van der Waals surface area contributed by atoms with Crippen molar-refractivity contribution in [2.75, 3.05) is 0 Å². The van der Waals surface area contributed by atoms with E-state index < -0.39 is 0 Å². The quantitative estimate of drug-likeness (QED) is 0.807. The first-order valence-corrected chi connectivity index (χ1v) is 4.87. The first kappa shape index (κ1) is 8.67. The maximum Gasteiger partial charge on any atom is 0.230 e. The molecule has 5 nitrogen and oxygen atoms in total. The van der Waals surface area contributed by atoms with Gasteiger partial charge in [0.1, 0.15) is 6.26 Å². The molecule has 2 heterocycles. The highest BCUT2D eigenvalue weighted by Crippen LogP contribution is 2.36. The van der Waals surface area contributed by atoms with Gasteiger partial charge in [-0.1, -0.05) is 5.16 Å². The maximum absolute atomic E-state index is 9.17. The molecule has 0 amide bonds. The van der Waals surface area contributed by atoms with E-state index >= 15 is 0 Å². The highest BCUT2D eigenvalue weighted by atomic mass is 16.5. The van der Waals surface area contributed by atoms with E-state index in [1.807, 2.05) is 0 Å². The van der Waals surface area contributed by atoms with E-state index in [-0.39, 0.29) is 12.0 Å². The molecule has 15 heavy (non-hydrogen) atoms. The standard InChI is InChI=1S/C10H10N2O3/c13-8-3-7(4-8)10-11-9(12-15-10)6-1-2-14-5-6/h1-2,5,7-8,13H,3-4H2. The van der Waals surface area contributed by atoms with Gasteiger partial charge in [0.2, 0.25) is 11.7 Å². The van der Waals surface area contributed by atoms with Gasteiger partial charge < -0.3 is 14.0 Å². The minimum absolute atomic E-state index is 0.209. The Balaban J connectivity index is 1.82. The summed E-state index contributed by atoms with van der Waals surface area (Å²) in [7, 11) is 0. The molecule has 5 heteroatoms. The van der Waals surface area contributed by atoms with Crippen molar-refractivity contribution >= 4 is 0 Å². The molecule has 1 aliphatic rings. The third kappa shape index (κ3) is 1.45. The largest absolute Gasteiger partial charge is 0.472 e. The molecule has 1 N–H and O–H groups in total. The van der Waals surface area contributed by atoms with E-state index in [0.717, 1.165) is 5.56 Å². The summed E-state index contributed by atoms with van der Waals surface area (Å²) in [6, 6.07) is 1.78. The zero-order valence-electron chi connectivity index (χ0n) is 7.96. The fraction of sp³-hybridized carbons (Fsp3) is 0.400. The molecule has 3 rings (SSSR count). The average molecular weight is 206 g/mol. The van der Waals surface area contributed by atoms with Crippen LogP contribution in [0.5, 0.6) is 0 Å². The highest BCUT2D eigenvalue weighted by Gasteiger charge is 2.33. The number of aliphatic hydroxyl groups excluding tert-OH is 1. The molecule has 1 saturated carbocycles. The molecule has 1 aliphatic carbocycles. The first-order chi connectivity index (χ1) is 7.33. The first-order valence-electron chi connectivity index (χ1n) is 4.87. The molecule has 0 radical (unpaired) electrons. The second-order valence-corrected chi connectivity index (χ2v) is 3.79. The molecule has 1 fully saturated rings. The molecular weight excluding hydrogens is 196 g/mol. The van der Waals surface area contributed by atoms with Crippen LogP contribution >= 0.6 is 0 Å². The van der Waals surface area contributed by atoms with Gasteiger partial charge in [-0.05, 0) is 18.9 Å². The fourth-order valence-electron chi connectivity index (χ4n) is 1.70. The van der Waals surface area contributed by atoms with Crippen molar-refractivity contribution in [3.8, 4) is 11.4 Å². The number of aliphatic hydroxyl groups is 1. The van der Waals surface area contributed by atoms with E-state index in [1.165, 1.54) is 0 Å². The van der Waals surface area contributed by atoms with Gasteiger partial charge in [0.25, 0.3) is 0 Å². The summed E-state index contributed by atoms with van der Waals surface area (Å²) >= 11 is 0. The van der Waals surface area contributed by atoms with Crippen LogP contribution in [-0.4, -0.2) is 21.4 Å². The Morgan fingerprint density at radius 2 is 2.27 bits per heavy atom. The Bertz CT molecular complexity index is 443. The third-order valence-electron chi connectivity index (χ3n) is 2.68. The summed E-state index contributed by atoms with van der Waals surface area (Å²) in [6.07, 6.45) is 4.36. The number of nitrogens with zero attached hydrogens (tertiary/aromatic N) is 2. The van der Waals surface area contributed by atoms with E-state index in [2.05, 4.69) is 10.1 Å². The number of hydrogen-bond acceptors (Lipinski definition) is 5. The van der Waals surface area contributed by atoms with Gasteiger partial charge >= 0.3 is 0 Å². The zero-order chi connectivity index (χ0) is 10.3. The predicted octanol–water partition coefficient (Wildman–Crippen LogP) is 1.57. The lowest BCUT2D eigenvalue weighted by Gasteiger charge is -2.27. The van der Waals surface area contributed by atoms with Crippen molar-refractivity contribution in [1.29, 1.82) is 0 Å². The summed E-state index contributed by atoms with van der Waals surface area (Å²) in [6.45, 7) is 0. The Labute approximate surface area is 85.7 Å². The molecule has 2 aromatic heterocycles. The monoisotopic (exact) mass is 206 g/mol. The van der Waals surface area contributed by atoms with Crippen LogP contribution in [-0.2, 0) is 0 Å². The summed E-state index contributed by atoms with van der Waals surface area (Å²) in [4.78, 5) is 4.26. The fourth-order valence-corrected chi connectivity index (χ4v) is 1.70. The average Bonchev–Trinajstić information content (AvgIpc) is 2.83. The second kappa shape index (κ2) is 3.20. The van der Waals surface area contributed by atoms with Crippen molar-refractivity contribution in [3.63, 3.8) is 0 Å². The van der Waals surface area contributed by atoms with Crippen molar-refractivity contribution in [3.05, 3.63) is 24.5 Å². The Morgan fingerprint density at radius 3 is 2.93 bits per heavy atom. The Kier molecular flexibility index (Phi) is 1.85. The van der Waals surface area contributed by atoms with Crippen molar-refractivity contribution in [1.82, 2.24) is 10.1 Å². The molecule has 0 aliphatic heterocycles. The lowest BCUT2D eigenvalue weighted by Crippen LogP contribution is -2.26. The maximum atomic E-state index is 9.17. The van der Waals surface area contributed by atoms with Crippen LogP contribution in [0.1, 0.15) is 24.7 Å². The number of rotatable bonds is 2. The SMILES string of the molecule is OC1CC(c2nc(-c3ccoc3)no2)C1. The Hall–Kier alpha value is -1.62. The van der Waals surface area contributed by atoms with Gasteiger partial charge in [0.05, 0.1) is 17.9 Å². The molecule has 0 saturated heterocycles. The molecule has 0 spiro atoms. The smallest absolute Gasteiger partial charge is 0.230 e. The molecular formula is C10H10N2O3. The van der Waals surface area contributed by atoms with Crippen LogP contribution < -0.4 is 0 Å². The minimum Gasteiger partial charge on any atom is -0.472 e. The van der Waals surface area contributed by atoms with E-state index in [9.17, 15) is 0 Å². The van der Waals surface area contributed by atoms with Gasteiger partial charge in [-0.2, -0.15) is 4.98 Å².